The van der Waals surface area contributed by atoms with E-state index >= 15 is 0 Å². The number of rotatable bonds is 13. The van der Waals surface area contributed by atoms with Crippen LogP contribution in [0.3, 0.4) is 0 Å². The van der Waals surface area contributed by atoms with Crippen molar-refractivity contribution >= 4 is 14.0 Å². The van der Waals surface area contributed by atoms with E-state index in [1.54, 1.807) is 18.2 Å². The maximum Gasteiger partial charge on any atom is 0.310 e. The molecule has 1 rings (SSSR count). The van der Waals surface area contributed by atoms with Crippen molar-refractivity contribution in [2.24, 2.45) is 5.11 Å². The number of nitrogens with zero attached hydrogens (tertiary/aromatic N) is 4. The average Bonchev–Trinajstić information content (AvgIpc) is 2.67. The number of hydrogen-bond acceptors (Lipinski definition) is 5. The Bertz CT molecular complexity index is 759. The van der Waals surface area contributed by atoms with Gasteiger partial charge in [-0.3, -0.25) is 10.1 Å². The SMILES string of the molecule is CCC(C)(CC(CO[Si](C(C)C)(C(C)C)C(C)C)N=[N+]=[N-])Oc1ccccc1[N+](=O)[O-]. The number of azide groups is 1. The molecule has 2 unspecified atom stereocenters. The van der Waals surface area contributed by atoms with Gasteiger partial charge in [-0.1, -0.05) is 65.7 Å². The van der Waals surface area contributed by atoms with E-state index in [2.05, 4.69) is 51.6 Å². The van der Waals surface area contributed by atoms with E-state index in [1.807, 2.05) is 13.8 Å². The molecule has 0 aromatic heterocycles. The summed E-state index contributed by atoms with van der Waals surface area (Å²) in [6.07, 6.45) is 0.996. The van der Waals surface area contributed by atoms with Gasteiger partial charge in [0.05, 0.1) is 11.0 Å². The third kappa shape index (κ3) is 6.69. The number of nitro groups is 1. The smallest absolute Gasteiger partial charge is 0.310 e. The first-order valence-electron chi connectivity index (χ1n) is 11.0. The first kappa shape index (κ1) is 26.9. The van der Waals surface area contributed by atoms with Crippen molar-refractivity contribution in [2.45, 2.75) is 96.5 Å². The van der Waals surface area contributed by atoms with Crippen LogP contribution >= 0.6 is 0 Å². The predicted octanol–water partition coefficient (Wildman–Crippen LogP) is 7.40. The third-order valence-electron chi connectivity index (χ3n) is 6.28. The lowest BCUT2D eigenvalue weighted by molar-refractivity contribution is -0.386. The van der Waals surface area contributed by atoms with Gasteiger partial charge < -0.3 is 9.16 Å². The molecule has 0 bridgehead atoms. The Kier molecular flexibility index (Phi) is 10.00. The van der Waals surface area contributed by atoms with Gasteiger partial charge in [-0.2, -0.15) is 0 Å². The Balaban J connectivity index is 3.12. The molecular formula is C22H38N4O4Si. The molecule has 1 aromatic rings. The number of nitro benzene ring substituents is 1. The van der Waals surface area contributed by atoms with Gasteiger partial charge in [0.15, 0.2) is 14.1 Å². The summed E-state index contributed by atoms with van der Waals surface area (Å²) in [5.41, 5.74) is 9.58. The first-order valence-corrected chi connectivity index (χ1v) is 13.2. The fraction of sp³-hybridized carbons (Fsp3) is 0.727. The summed E-state index contributed by atoms with van der Waals surface area (Å²) < 4.78 is 12.8. The van der Waals surface area contributed by atoms with Crippen LogP contribution in [0.25, 0.3) is 10.4 Å². The van der Waals surface area contributed by atoms with Crippen LogP contribution in [0.5, 0.6) is 5.75 Å². The minimum Gasteiger partial charge on any atom is -0.481 e. The number of ether oxygens (including phenoxy) is 1. The van der Waals surface area contributed by atoms with Crippen LogP contribution < -0.4 is 4.74 Å². The maximum absolute atomic E-state index is 11.4. The van der Waals surface area contributed by atoms with E-state index in [0.717, 1.165) is 0 Å². The monoisotopic (exact) mass is 450 g/mol. The molecule has 0 aliphatic carbocycles. The molecule has 0 saturated heterocycles. The number of para-hydroxylation sites is 2. The zero-order valence-electron chi connectivity index (χ0n) is 20.2. The van der Waals surface area contributed by atoms with Crippen molar-refractivity contribution in [1.82, 2.24) is 0 Å². The summed E-state index contributed by atoms with van der Waals surface area (Å²) >= 11 is 0. The molecule has 174 valence electrons. The van der Waals surface area contributed by atoms with Crippen molar-refractivity contribution in [3.63, 3.8) is 0 Å². The summed E-state index contributed by atoms with van der Waals surface area (Å²) in [6, 6.07) is 5.91. The Labute approximate surface area is 187 Å². The Morgan fingerprint density at radius 3 is 2.16 bits per heavy atom. The van der Waals surface area contributed by atoms with Crippen molar-refractivity contribution < 1.29 is 14.1 Å². The highest BCUT2D eigenvalue weighted by Crippen LogP contribution is 2.42. The van der Waals surface area contributed by atoms with Gasteiger partial charge in [-0.15, -0.1) is 0 Å². The second kappa shape index (κ2) is 11.5. The largest absolute Gasteiger partial charge is 0.481 e. The molecule has 0 heterocycles. The molecule has 0 spiro atoms. The third-order valence-corrected chi connectivity index (χ3v) is 12.4. The van der Waals surface area contributed by atoms with Crippen molar-refractivity contribution in [3.8, 4) is 5.75 Å². The second-order valence-electron chi connectivity index (χ2n) is 9.32. The minimum absolute atomic E-state index is 0.0791. The highest BCUT2D eigenvalue weighted by atomic mass is 28.4. The van der Waals surface area contributed by atoms with E-state index in [0.29, 0.717) is 36.1 Å². The molecule has 0 fully saturated rings. The normalized spacial score (nSPS) is 14.9. The standard InChI is InChI=1S/C22H38N4O4Si/c1-9-22(8,30-21-13-11-10-12-20(21)26(27)28)14-19(24-25-23)15-29-31(16(2)3,17(4)5)18(6)7/h10-13,16-19H,9,14-15H2,1-8H3. The van der Waals surface area contributed by atoms with Gasteiger partial charge in [0.1, 0.15) is 5.60 Å². The molecule has 31 heavy (non-hydrogen) atoms. The van der Waals surface area contributed by atoms with E-state index < -0.39 is 24.9 Å². The van der Waals surface area contributed by atoms with Crippen molar-refractivity contribution in [2.75, 3.05) is 6.61 Å². The number of hydrogen-bond donors (Lipinski definition) is 0. The summed E-state index contributed by atoms with van der Waals surface area (Å²) in [5, 5.41) is 15.4. The van der Waals surface area contributed by atoms with Crippen LogP contribution in [-0.2, 0) is 4.43 Å². The molecule has 8 nitrogen and oxygen atoms in total. The minimum atomic E-state index is -2.12. The van der Waals surface area contributed by atoms with Gasteiger partial charge in [-0.25, -0.2) is 0 Å². The lowest BCUT2D eigenvalue weighted by atomic mass is 9.94. The van der Waals surface area contributed by atoms with Gasteiger partial charge in [0.25, 0.3) is 0 Å². The zero-order chi connectivity index (χ0) is 23.8. The quantitative estimate of drug-likeness (QED) is 0.0778. The molecular weight excluding hydrogens is 412 g/mol. The molecule has 2 atom stereocenters. The van der Waals surface area contributed by atoms with Gasteiger partial charge in [-0.05, 0) is 48.0 Å². The fourth-order valence-corrected chi connectivity index (χ4v) is 10.1. The second-order valence-corrected chi connectivity index (χ2v) is 14.8. The van der Waals surface area contributed by atoms with Crippen molar-refractivity contribution in [3.05, 3.63) is 44.8 Å². The average molecular weight is 451 g/mol. The van der Waals surface area contributed by atoms with Crippen LogP contribution in [0.15, 0.2) is 29.4 Å². The predicted molar refractivity (Wildman–Crippen MR) is 127 cm³/mol. The molecule has 0 saturated carbocycles. The summed E-state index contributed by atoms with van der Waals surface area (Å²) in [5.74, 6) is 0.215. The Morgan fingerprint density at radius 1 is 1.16 bits per heavy atom. The summed E-state index contributed by atoms with van der Waals surface area (Å²) in [7, 11) is -2.12. The molecule has 1 aromatic carbocycles. The van der Waals surface area contributed by atoms with E-state index in [4.69, 9.17) is 14.7 Å². The fourth-order valence-electron chi connectivity index (χ4n) is 4.66. The van der Waals surface area contributed by atoms with E-state index in [9.17, 15) is 10.1 Å². The molecule has 0 aliphatic heterocycles. The van der Waals surface area contributed by atoms with Gasteiger partial charge in [0.2, 0.25) is 0 Å². The summed E-state index contributed by atoms with van der Waals surface area (Å²) in [4.78, 5) is 14.0. The summed E-state index contributed by atoms with van der Waals surface area (Å²) in [6.45, 7) is 17.4. The molecule has 0 N–H and O–H groups in total. The maximum atomic E-state index is 11.4. The van der Waals surface area contributed by atoms with Crippen LogP contribution in [0.2, 0.25) is 16.6 Å². The van der Waals surface area contributed by atoms with Crippen LogP contribution in [0.4, 0.5) is 5.69 Å². The topological polar surface area (TPSA) is 110 Å². The lowest BCUT2D eigenvalue weighted by Crippen LogP contribution is -2.49. The molecule has 0 amide bonds. The van der Waals surface area contributed by atoms with Crippen molar-refractivity contribution in [1.29, 1.82) is 0 Å². The van der Waals surface area contributed by atoms with Crippen LogP contribution in [0, 0.1) is 10.1 Å². The highest BCUT2D eigenvalue weighted by Gasteiger charge is 2.45. The number of benzene rings is 1. The Morgan fingerprint density at radius 2 is 1.71 bits per heavy atom. The highest BCUT2D eigenvalue weighted by molar-refractivity contribution is 6.77. The molecule has 0 radical (unpaired) electrons. The molecule has 9 heteroatoms. The van der Waals surface area contributed by atoms with Gasteiger partial charge in [0, 0.05) is 17.6 Å². The first-order chi connectivity index (χ1) is 14.4. The lowest BCUT2D eigenvalue weighted by Gasteiger charge is -2.43. The van der Waals surface area contributed by atoms with Crippen LogP contribution in [0.1, 0.15) is 68.2 Å². The molecule has 0 aliphatic rings. The van der Waals surface area contributed by atoms with E-state index in [-0.39, 0.29) is 11.4 Å². The zero-order valence-corrected chi connectivity index (χ0v) is 21.2. The van der Waals surface area contributed by atoms with Gasteiger partial charge >= 0.3 is 5.69 Å². The van der Waals surface area contributed by atoms with E-state index in [1.165, 1.54) is 6.07 Å². The Hall–Kier alpha value is -2.09. The van der Waals surface area contributed by atoms with Crippen LogP contribution in [-0.4, -0.2) is 31.5 Å².